The van der Waals surface area contributed by atoms with Crippen molar-refractivity contribution in [1.29, 1.82) is 0 Å². The summed E-state index contributed by atoms with van der Waals surface area (Å²) in [6.45, 7) is 0. The van der Waals surface area contributed by atoms with Crippen LogP contribution in [0.5, 0.6) is 0 Å². The minimum absolute atomic E-state index is 0.0547. The lowest BCUT2D eigenvalue weighted by atomic mass is 10.2. The largest absolute Gasteiger partial charge is 0.369 e. The third kappa shape index (κ3) is 5.44. The number of ketones is 1. The van der Waals surface area contributed by atoms with Crippen LogP contribution < -0.4 is 16.8 Å². The number of rotatable bonds is 7. The van der Waals surface area contributed by atoms with Gasteiger partial charge in [-0.3, -0.25) is 4.79 Å². The second-order valence-corrected chi connectivity index (χ2v) is 8.97. The number of sulfonamides is 1. The first-order chi connectivity index (χ1) is 14.2. The summed E-state index contributed by atoms with van der Waals surface area (Å²) >= 11 is 7.15. The minimum atomic E-state index is -3.94. The van der Waals surface area contributed by atoms with Gasteiger partial charge in [0.25, 0.3) is 10.0 Å². The van der Waals surface area contributed by atoms with Gasteiger partial charge in [0.15, 0.2) is 5.78 Å². The molecule has 0 saturated heterocycles. The SMILES string of the molecule is NC(N)=NS(=O)(=O)c1ccc(NC=CC(=O)c2cnc(-c3ccc(Cl)cc3)s2)cc1. The summed E-state index contributed by atoms with van der Waals surface area (Å²) in [6.07, 6.45) is 4.34. The number of thiazole rings is 1. The topological polar surface area (TPSA) is 141 Å². The van der Waals surface area contributed by atoms with Crippen molar-refractivity contribution in [3.05, 3.63) is 76.9 Å². The van der Waals surface area contributed by atoms with E-state index in [4.69, 9.17) is 23.1 Å². The number of carbonyl (C=O) groups is 1. The fourth-order valence-corrected chi connectivity index (χ4v) is 4.15. The quantitative estimate of drug-likeness (QED) is 0.212. The molecule has 0 aliphatic rings. The number of guanidine groups is 1. The first-order valence-corrected chi connectivity index (χ1v) is 11.0. The van der Waals surface area contributed by atoms with E-state index in [0.29, 0.717) is 20.6 Å². The van der Waals surface area contributed by atoms with E-state index in [2.05, 4.69) is 14.7 Å². The Morgan fingerprint density at radius 2 is 1.77 bits per heavy atom. The third-order valence-corrected chi connectivity index (χ3v) is 6.33. The summed E-state index contributed by atoms with van der Waals surface area (Å²) in [5, 5.41) is 4.24. The lowest BCUT2D eigenvalue weighted by Gasteiger charge is -2.03. The van der Waals surface area contributed by atoms with Crippen molar-refractivity contribution in [2.24, 2.45) is 15.9 Å². The monoisotopic (exact) mass is 461 g/mol. The molecule has 2 aromatic carbocycles. The predicted molar refractivity (Wildman–Crippen MR) is 119 cm³/mol. The zero-order chi connectivity index (χ0) is 21.7. The maximum atomic E-state index is 12.3. The molecule has 11 heteroatoms. The average Bonchev–Trinajstić information content (AvgIpc) is 3.18. The number of hydrogen-bond acceptors (Lipinski definition) is 6. The van der Waals surface area contributed by atoms with Gasteiger partial charge in [-0.25, -0.2) is 4.98 Å². The van der Waals surface area contributed by atoms with E-state index in [9.17, 15) is 13.2 Å². The molecule has 0 atom stereocenters. The van der Waals surface area contributed by atoms with Crippen LogP contribution in [-0.2, 0) is 10.0 Å². The van der Waals surface area contributed by atoms with Gasteiger partial charge in [0, 0.05) is 34.7 Å². The van der Waals surface area contributed by atoms with E-state index >= 15 is 0 Å². The number of halogens is 1. The van der Waals surface area contributed by atoms with E-state index < -0.39 is 16.0 Å². The number of benzene rings is 2. The van der Waals surface area contributed by atoms with E-state index in [1.165, 1.54) is 54.1 Å². The Kier molecular flexibility index (Phi) is 6.50. The van der Waals surface area contributed by atoms with E-state index in [0.717, 1.165) is 5.56 Å². The first kappa shape index (κ1) is 21.5. The highest BCUT2D eigenvalue weighted by atomic mass is 35.5. The van der Waals surface area contributed by atoms with Crippen LogP contribution in [0.2, 0.25) is 5.02 Å². The van der Waals surface area contributed by atoms with Crippen molar-refractivity contribution >= 4 is 50.4 Å². The van der Waals surface area contributed by atoms with E-state index in [1.807, 2.05) is 12.1 Å². The van der Waals surface area contributed by atoms with Gasteiger partial charge in [-0.15, -0.1) is 15.7 Å². The fraction of sp³-hybridized carbons (Fsp3) is 0. The molecule has 3 aromatic rings. The Bertz CT molecular complexity index is 1210. The van der Waals surface area contributed by atoms with Crippen molar-refractivity contribution in [1.82, 2.24) is 4.98 Å². The summed E-state index contributed by atoms with van der Waals surface area (Å²) in [5.41, 5.74) is 11.7. The number of nitrogens with one attached hydrogen (secondary N) is 1. The smallest absolute Gasteiger partial charge is 0.285 e. The van der Waals surface area contributed by atoms with Gasteiger partial charge < -0.3 is 16.8 Å². The second kappa shape index (κ2) is 9.08. The van der Waals surface area contributed by atoms with Gasteiger partial charge in [-0.05, 0) is 36.4 Å². The minimum Gasteiger partial charge on any atom is -0.369 e. The van der Waals surface area contributed by atoms with Crippen molar-refractivity contribution in [2.45, 2.75) is 4.90 Å². The molecule has 3 rings (SSSR count). The van der Waals surface area contributed by atoms with Crippen molar-refractivity contribution in [3.63, 3.8) is 0 Å². The number of nitrogens with two attached hydrogens (primary N) is 2. The van der Waals surface area contributed by atoms with Gasteiger partial charge >= 0.3 is 0 Å². The van der Waals surface area contributed by atoms with Crippen LogP contribution in [0.15, 0.2) is 76.3 Å². The number of anilines is 1. The van der Waals surface area contributed by atoms with Crippen LogP contribution >= 0.6 is 22.9 Å². The number of aromatic nitrogens is 1. The highest BCUT2D eigenvalue weighted by Gasteiger charge is 2.13. The molecule has 154 valence electrons. The maximum absolute atomic E-state index is 12.3. The molecule has 0 aliphatic carbocycles. The molecule has 0 unspecified atom stereocenters. The normalized spacial score (nSPS) is 11.4. The van der Waals surface area contributed by atoms with Gasteiger partial charge in [0.2, 0.25) is 5.96 Å². The van der Waals surface area contributed by atoms with Crippen LogP contribution in [0.4, 0.5) is 5.69 Å². The lowest BCUT2D eigenvalue weighted by Crippen LogP contribution is -2.24. The molecule has 8 nitrogen and oxygen atoms in total. The number of allylic oxidation sites excluding steroid dienone is 1. The average molecular weight is 462 g/mol. The Balaban J connectivity index is 1.64. The van der Waals surface area contributed by atoms with Crippen molar-refractivity contribution in [2.75, 3.05) is 5.32 Å². The molecular weight excluding hydrogens is 446 g/mol. The lowest BCUT2D eigenvalue weighted by molar-refractivity contribution is 0.105. The van der Waals surface area contributed by atoms with E-state index in [1.54, 1.807) is 12.1 Å². The Hall–Kier alpha value is -3.21. The highest BCUT2D eigenvalue weighted by Crippen LogP contribution is 2.26. The van der Waals surface area contributed by atoms with E-state index in [-0.39, 0.29) is 10.7 Å². The zero-order valence-electron chi connectivity index (χ0n) is 15.3. The molecule has 0 aliphatic heterocycles. The summed E-state index contributed by atoms with van der Waals surface area (Å²) < 4.78 is 27.0. The molecule has 1 aromatic heterocycles. The van der Waals surface area contributed by atoms with Crippen LogP contribution in [0, 0.1) is 0 Å². The van der Waals surface area contributed by atoms with Crippen molar-refractivity contribution in [3.8, 4) is 10.6 Å². The summed E-state index contributed by atoms with van der Waals surface area (Å²) in [7, 11) is -3.94. The molecule has 0 saturated carbocycles. The number of carbonyl (C=O) groups excluding carboxylic acids is 1. The molecule has 0 fully saturated rings. The number of hydrogen-bond donors (Lipinski definition) is 3. The summed E-state index contributed by atoms with van der Waals surface area (Å²) in [5.74, 6) is -0.756. The van der Waals surface area contributed by atoms with Gasteiger partial charge in [-0.1, -0.05) is 23.7 Å². The standard InChI is InChI=1S/C19H16ClN5O3S2/c20-13-3-1-12(2-4-13)18-24-11-17(29-18)16(26)9-10-23-14-5-7-15(8-6-14)30(27,28)25-19(21)22/h1-11,23H,(H4,21,22,25). The van der Waals surface area contributed by atoms with Crippen LogP contribution in [0.3, 0.4) is 0 Å². The molecule has 1 heterocycles. The molecule has 5 N–H and O–H groups in total. The van der Waals surface area contributed by atoms with Crippen molar-refractivity contribution < 1.29 is 13.2 Å². The first-order valence-electron chi connectivity index (χ1n) is 8.40. The van der Waals surface area contributed by atoms with Gasteiger partial charge in [-0.2, -0.15) is 8.42 Å². The summed E-state index contributed by atoms with van der Waals surface area (Å²) in [6, 6.07) is 12.9. The van der Waals surface area contributed by atoms with Crippen LogP contribution in [0.25, 0.3) is 10.6 Å². The fourth-order valence-electron chi connectivity index (χ4n) is 2.32. The highest BCUT2D eigenvalue weighted by molar-refractivity contribution is 7.90. The van der Waals surface area contributed by atoms with Gasteiger partial charge in [0.1, 0.15) is 5.01 Å². The van der Waals surface area contributed by atoms with Crippen LogP contribution in [0.1, 0.15) is 9.67 Å². The maximum Gasteiger partial charge on any atom is 0.285 e. The number of nitrogens with zero attached hydrogens (tertiary/aromatic N) is 2. The Morgan fingerprint density at radius 1 is 1.10 bits per heavy atom. The Morgan fingerprint density at radius 3 is 2.40 bits per heavy atom. The zero-order valence-corrected chi connectivity index (χ0v) is 17.7. The molecule has 0 radical (unpaired) electrons. The van der Waals surface area contributed by atoms with Crippen LogP contribution in [-0.4, -0.2) is 25.1 Å². The second-order valence-electron chi connectivity index (χ2n) is 5.89. The molecule has 0 spiro atoms. The Labute approximate surface area is 182 Å². The predicted octanol–water partition coefficient (Wildman–Crippen LogP) is 3.23. The van der Waals surface area contributed by atoms with Gasteiger partial charge in [0.05, 0.1) is 9.77 Å². The molecule has 30 heavy (non-hydrogen) atoms. The molecule has 0 bridgehead atoms. The summed E-state index contributed by atoms with van der Waals surface area (Å²) in [4.78, 5) is 17.0. The molecule has 0 amide bonds. The third-order valence-electron chi connectivity index (χ3n) is 3.70. The molecular formula is C19H16ClN5O3S2.